The molecule has 0 saturated carbocycles. The lowest BCUT2D eigenvalue weighted by molar-refractivity contribution is -0.156. The van der Waals surface area contributed by atoms with Crippen LogP contribution in [0.25, 0.3) is 0 Å². The van der Waals surface area contributed by atoms with Crippen LogP contribution in [0.4, 0.5) is 0 Å². The zero-order chi connectivity index (χ0) is 19.0. The van der Waals surface area contributed by atoms with Gasteiger partial charge in [-0.15, -0.1) is 0 Å². The summed E-state index contributed by atoms with van der Waals surface area (Å²) in [4.78, 5) is 33.5. The Kier molecular flexibility index (Phi) is 14.1. The van der Waals surface area contributed by atoms with Crippen LogP contribution in [0.5, 0.6) is 0 Å². The third kappa shape index (κ3) is 11.2. The number of carbonyl (C=O) groups excluding carboxylic acids is 3. The largest absolute Gasteiger partial charge is 0.462 e. The number of aliphatic hydroxyl groups excluding tert-OH is 1. The Hall–Kier alpha value is -2.41. The molecule has 0 rings (SSSR count). The van der Waals surface area contributed by atoms with Crippen LogP contribution in [0.1, 0.15) is 20.3 Å². The zero-order valence-corrected chi connectivity index (χ0v) is 14.3. The minimum Gasteiger partial charge on any atom is -0.462 e. The SMILES string of the molecule is C=CC(=O)OCC(CC)(COC(=O)C=C)COC(=O)C=C.CCO. The molecule has 0 bridgehead atoms. The number of carbonyl (C=O) groups is 3. The first-order chi connectivity index (χ1) is 11.3. The number of rotatable bonds is 10. The highest BCUT2D eigenvalue weighted by atomic mass is 16.6. The Labute approximate surface area is 142 Å². The summed E-state index contributed by atoms with van der Waals surface area (Å²) in [6.45, 7) is 13.4. The van der Waals surface area contributed by atoms with Gasteiger partial charge in [0.1, 0.15) is 19.8 Å². The molecule has 7 nitrogen and oxygen atoms in total. The average Bonchev–Trinajstić information content (AvgIpc) is 2.61. The van der Waals surface area contributed by atoms with E-state index in [0.29, 0.717) is 6.42 Å². The van der Waals surface area contributed by atoms with Crippen molar-refractivity contribution in [1.82, 2.24) is 0 Å². The number of aliphatic hydroxyl groups is 1. The standard InChI is InChI=1S/C15H20O6.C2H6O/c1-5-12(16)19-9-15(8-4,10-20-13(17)6-2)11-21-14(18)7-3;1-2-3/h5-7H,1-3,8-11H2,4H3;3H,2H2,1H3. The minimum atomic E-state index is -0.837. The summed E-state index contributed by atoms with van der Waals surface area (Å²) in [5.74, 6) is -1.84. The van der Waals surface area contributed by atoms with Crippen LogP contribution in [0, 0.1) is 5.41 Å². The molecule has 0 aromatic carbocycles. The molecule has 0 radical (unpaired) electrons. The van der Waals surface area contributed by atoms with Crippen LogP contribution in [0.2, 0.25) is 0 Å². The lowest BCUT2D eigenvalue weighted by Gasteiger charge is -2.30. The summed E-state index contributed by atoms with van der Waals surface area (Å²) in [6.07, 6.45) is 3.51. The first-order valence-corrected chi connectivity index (χ1v) is 7.33. The van der Waals surface area contributed by atoms with Gasteiger partial charge in [-0.3, -0.25) is 0 Å². The van der Waals surface area contributed by atoms with Crippen LogP contribution in [0.15, 0.2) is 38.0 Å². The van der Waals surface area contributed by atoms with Gasteiger partial charge in [-0.25, -0.2) is 14.4 Å². The van der Waals surface area contributed by atoms with E-state index in [1.54, 1.807) is 13.8 Å². The fraction of sp³-hybridized carbons (Fsp3) is 0.471. The van der Waals surface area contributed by atoms with Crippen LogP contribution < -0.4 is 0 Å². The molecule has 0 aliphatic carbocycles. The second-order valence-corrected chi connectivity index (χ2v) is 4.61. The molecule has 7 heteroatoms. The summed E-state index contributed by atoms with van der Waals surface area (Å²) < 4.78 is 15.0. The van der Waals surface area contributed by atoms with Crippen molar-refractivity contribution in [2.24, 2.45) is 5.41 Å². The highest BCUT2D eigenvalue weighted by Gasteiger charge is 2.33. The van der Waals surface area contributed by atoms with Crippen molar-refractivity contribution in [2.45, 2.75) is 20.3 Å². The van der Waals surface area contributed by atoms with Crippen LogP contribution in [0.3, 0.4) is 0 Å². The first-order valence-electron chi connectivity index (χ1n) is 7.33. The summed E-state index contributed by atoms with van der Waals surface area (Å²) >= 11 is 0. The lowest BCUT2D eigenvalue weighted by Crippen LogP contribution is -2.38. The van der Waals surface area contributed by atoms with Crippen LogP contribution >= 0.6 is 0 Å². The van der Waals surface area contributed by atoms with E-state index in [2.05, 4.69) is 19.7 Å². The van der Waals surface area contributed by atoms with E-state index >= 15 is 0 Å². The highest BCUT2D eigenvalue weighted by Crippen LogP contribution is 2.24. The molecule has 0 atom stereocenters. The van der Waals surface area contributed by atoms with E-state index in [1.807, 2.05) is 0 Å². The Morgan fingerprint density at radius 3 is 1.25 bits per heavy atom. The Balaban J connectivity index is 0. The third-order valence-corrected chi connectivity index (χ3v) is 2.81. The molecule has 0 aromatic rings. The molecule has 0 unspecified atom stereocenters. The van der Waals surface area contributed by atoms with Gasteiger partial charge in [-0.2, -0.15) is 0 Å². The molecule has 0 heterocycles. The topological polar surface area (TPSA) is 99.1 Å². The summed E-state index contributed by atoms with van der Waals surface area (Å²) in [6, 6.07) is 0. The Morgan fingerprint density at radius 2 is 1.08 bits per heavy atom. The Bertz CT molecular complexity index is 380. The van der Waals surface area contributed by atoms with E-state index in [-0.39, 0.29) is 26.4 Å². The van der Waals surface area contributed by atoms with Gasteiger partial charge < -0.3 is 19.3 Å². The summed E-state index contributed by atoms with van der Waals surface area (Å²) in [7, 11) is 0. The van der Waals surface area contributed by atoms with Crippen molar-refractivity contribution in [3.63, 3.8) is 0 Å². The number of ether oxygens (including phenoxy) is 3. The minimum absolute atomic E-state index is 0.0802. The molecule has 0 aliphatic heterocycles. The molecular formula is C17H26O7. The maximum atomic E-state index is 11.2. The molecule has 0 fully saturated rings. The predicted octanol–water partition coefficient (Wildman–Crippen LogP) is 1.57. The molecule has 1 N–H and O–H groups in total. The highest BCUT2D eigenvalue weighted by molar-refractivity contribution is 5.82. The molecular weight excluding hydrogens is 316 g/mol. The van der Waals surface area contributed by atoms with E-state index in [4.69, 9.17) is 19.3 Å². The van der Waals surface area contributed by atoms with Crippen molar-refractivity contribution in [3.05, 3.63) is 38.0 Å². The van der Waals surface area contributed by atoms with Crippen molar-refractivity contribution >= 4 is 17.9 Å². The number of esters is 3. The summed E-state index contributed by atoms with van der Waals surface area (Å²) in [5, 5.41) is 7.57. The van der Waals surface area contributed by atoms with Gasteiger partial charge >= 0.3 is 17.9 Å². The van der Waals surface area contributed by atoms with Gasteiger partial charge in [0.15, 0.2) is 0 Å². The van der Waals surface area contributed by atoms with E-state index in [0.717, 1.165) is 18.2 Å². The normalized spacial score (nSPS) is 9.62. The van der Waals surface area contributed by atoms with Gasteiger partial charge in [-0.1, -0.05) is 26.7 Å². The molecule has 0 aromatic heterocycles. The van der Waals surface area contributed by atoms with Gasteiger partial charge in [0.2, 0.25) is 0 Å². The molecule has 136 valence electrons. The smallest absolute Gasteiger partial charge is 0.330 e. The Morgan fingerprint density at radius 1 is 0.833 bits per heavy atom. The lowest BCUT2D eigenvalue weighted by atomic mass is 9.88. The van der Waals surface area contributed by atoms with E-state index < -0.39 is 23.3 Å². The van der Waals surface area contributed by atoms with Crippen molar-refractivity contribution in [2.75, 3.05) is 26.4 Å². The quantitative estimate of drug-likeness (QED) is 0.365. The maximum Gasteiger partial charge on any atom is 0.330 e. The van der Waals surface area contributed by atoms with Crippen LogP contribution in [-0.2, 0) is 28.6 Å². The van der Waals surface area contributed by atoms with E-state index in [9.17, 15) is 14.4 Å². The zero-order valence-electron chi connectivity index (χ0n) is 14.3. The summed E-state index contributed by atoms with van der Waals surface area (Å²) in [5.41, 5.74) is -0.837. The maximum absolute atomic E-state index is 11.2. The third-order valence-electron chi connectivity index (χ3n) is 2.81. The molecule has 0 aliphatic rings. The second-order valence-electron chi connectivity index (χ2n) is 4.61. The van der Waals surface area contributed by atoms with Gasteiger partial charge in [0.25, 0.3) is 0 Å². The predicted molar refractivity (Wildman–Crippen MR) is 89.0 cm³/mol. The van der Waals surface area contributed by atoms with Gasteiger partial charge in [-0.05, 0) is 13.3 Å². The average molecular weight is 342 g/mol. The number of hydrogen-bond donors (Lipinski definition) is 1. The molecule has 0 amide bonds. The number of hydrogen-bond acceptors (Lipinski definition) is 7. The first kappa shape index (κ1) is 23.9. The molecule has 0 saturated heterocycles. The van der Waals surface area contributed by atoms with Gasteiger partial charge in [0, 0.05) is 24.8 Å². The van der Waals surface area contributed by atoms with Crippen molar-refractivity contribution in [3.8, 4) is 0 Å². The molecule has 24 heavy (non-hydrogen) atoms. The van der Waals surface area contributed by atoms with Crippen molar-refractivity contribution in [1.29, 1.82) is 0 Å². The van der Waals surface area contributed by atoms with Crippen LogP contribution in [-0.4, -0.2) is 49.4 Å². The fourth-order valence-corrected chi connectivity index (χ4v) is 1.28. The van der Waals surface area contributed by atoms with Gasteiger partial charge in [0.05, 0.1) is 5.41 Å². The van der Waals surface area contributed by atoms with E-state index in [1.165, 1.54) is 0 Å². The van der Waals surface area contributed by atoms with Crippen molar-refractivity contribution < 1.29 is 33.7 Å². The molecule has 0 spiro atoms. The monoisotopic (exact) mass is 342 g/mol. The second kappa shape index (κ2) is 14.2. The fourth-order valence-electron chi connectivity index (χ4n) is 1.28.